The summed E-state index contributed by atoms with van der Waals surface area (Å²) in [5.74, 6) is 0.248. The summed E-state index contributed by atoms with van der Waals surface area (Å²) in [6.07, 6.45) is 16.2. The highest BCUT2D eigenvalue weighted by Gasteiger charge is 2.47. The monoisotopic (exact) mass is 424 g/mol. The van der Waals surface area contributed by atoms with Gasteiger partial charge in [0.2, 0.25) is 0 Å². The van der Waals surface area contributed by atoms with E-state index in [1.807, 2.05) is 26.0 Å². The lowest BCUT2D eigenvalue weighted by Crippen LogP contribution is -2.40. The first-order valence-corrected chi connectivity index (χ1v) is 11.2. The minimum Gasteiger partial charge on any atom is -0.371 e. The van der Waals surface area contributed by atoms with E-state index in [0.717, 1.165) is 19.3 Å². The average molecular weight is 425 g/mol. The van der Waals surface area contributed by atoms with E-state index in [1.165, 1.54) is 17.6 Å². The Morgan fingerprint density at radius 2 is 1.39 bits per heavy atom. The predicted octanol–water partition coefficient (Wildman–Crippen LogP) is 6.33. The molecule has 5 unspecified atom stereocenters. The number of halogens is 2. The second-order valence-corrected chi connectivity index (χ2v) is 11.4. The van der Waals surface area contributed by atoms with Crippen LogP contribution in [0.15, 0.2) is 47.6 Å². The Morgan fingerprint density at radius 3 is 1.79 bits per heavy atom. The summed E-state index contributed by atoms with van der Waals surface area (Å²) < 4.78 is 0. The first-order chi connectivity index (χ1) is 12.8. The van der Waals surface area contributed by atoms with Crippen molar-refractivity contribution in [3.05, 3.63) is 47.6 Å². The van der Waals surface area contributed by atoms with E-state index in [0.29, 0.717) is 5.92 Å². The molecule has 0 aromatic carbocycles. The second kappa shape index (κ2) is 7.30. The van der Waals surface area contributed by atoms with Crippen molar-refractivity contribution < 1.29 is 10.2 Å². The molecular weight excluding hydrogens is 391 g/mol. The number of hydrogen-bond donors (Lipinski definition) is 2. The number of hydrogen-bond acceptors (Lipinski definition) is 2. The van der Waals surface area contributed by atoms with Crippen molar-refractivity contribution in [2.75, 3.05) is 0 Å². The van der Waals surface area contributed by atoms with Crippen molar-refractivity contribution in [1.29, 1.82) is 0 Å². The van der Waals surface area contributed by atoms with Crippen LogP contribution in [0, 0.1) is 28.6 Å². The maximum atomic E-state index is 10.4. The molecule has 0 heterocycles. The van der Waals surface area contributed by atoms with Crippen LogP contribution in [-0.4, -0.2) is 20.3 Å². The highest BCUT2D eigenvalue weighted by atomic mass is 35.5. The molecule has 0 amide bonds. The van der Waals surface area contributed by atoms with E-state index in [1.54, 1.807) is 12.2 Å². The van der Waals surface area contributed by atoms with Gasteiger partial charge in [-0.05, 0) is 53.9 Å². The van der Waals surface area contributed by atoms with E-state index in [4.69, 9.17) is 23.2 Å². The van der Waals surface area contributed by atoms with Crippen LogP contribution in [-0.2, 0) is 0 Å². The standard InChI is InChI=1S/C24H34Cl2O2/c1-16-13-18(8-11-23(16,25)27)22(10-6-7-20(15-22)21(3,4)5)19-9-12-24(26,28)17(2)14-19/h8-9,11-14,16-17,20,27-28H,6-7,10,15H2,1-5H3. The third-order valence-electron chi connectivity index (χ3n) is 7.21. The van der Waals surface area contributed by atoms with Crippen molar-refractivity contribution >= 4 is 23.2 Å². The maximum absolute atomic E-state index is 10.4. The van der Waals surface area contributed by atoms with Gasteiger partial charge in [0, 0.05) is 17.3 Å². The largest absolute Gasteiger partial charge is 0.371 e. The van der Waals surface area contributed by atoms with Gasteiger partial charge in [0.15, 0.2) is 10.1 Å². The van der Waals surface area contributed by atoms with Gasteiger partial charge in [-0.15, -0.1) is 0 Å². The summed E-state index contributed by atoms with van der Waals surface area (Å²) >= 11 is 12.5. The molecule has 2 N–H and O–H groups in total. The fourth-order valence-corrected chi connectivity index (χ4v) is 5.20. The van der Waals surface area contributed by atoms with Crippen molar-refractivity contribution in [2.45, 2.75) is 70.4 Å². The third kappa shape index (κ3) is 4.03. The van der Waals surface area contributed by atoms with Gasteiger partial charge >= 0.3 is 0 Å². The molecule has 1 fully saturated rings. The highest BCUT2D eigenvalue weighted by molar-refractivity contribution is 6.24. The normalized spacial score (nSPS) is 44.2. The van der Waals surface area contributed by atoms with Crippen LogP contribution in [0.25, 0.3) is 0 Å². The van der Waals surface area contributed by atoms with Crippen LogP contribution in [0.2, 0.25) is 0 Å². The van der Waals surface area contributed by atoms with E-state index in [-0.39, 0.29) is 22.7 Å². The van der Waals surface area contributed by atoms with E-state index >= 15 is 0 Å². The molecule has 28 heavy (non-hydrogen) atoms. The zero-order valence-electron chi connectivity index (χ0n) is 17.7. The molecule has 3 aliphatic carbocycles. The van der Waals surface area contributed by atoms with Crippen LogP contribution in [0.3, 0.4) is 0 Å². The lowest BCUT2D eigenvalue weighted by Gasteiger charge is -2.49. The second-order valence-electron chi connectivity index (χ2n) is 10.2. The molecule has 3 rings (SSSR count). The van der Waals surface area contributed by atoms with Gasteiger partial charge < -0.3 is 10.2 Å². The summed E-state index contributed by atoms with van der Waals surface area (Å²) in [6.45, 7) is 10.9. The zero-order chi connectivity index (χ0) is 21.0. The fraction of sp³-hybridized carbons (Fsp3) is 0.667. The summed E-state index contributed by atoms with van der Waals surface area (Å²) in [7, 11) is 0. The lowest BCUT2D eigenvalue weighted by atomic mass is 9.56. The molecule has 1 saturated carbocycles. The first-order valence-electron chi connectivity index (χ1n) is 10.4. The Kier molecular flexibility index (Phi) is 5.78. The van der Waals surface area contributed by atoms with Crippen molar-refractivity contribution in [1.82, 2.24) is 0 Å². The van der Waals surface area contributed by atoms with Gasteiger partial charge in [0.1, 0.15) is 0 Å². The molecular formula is C24H34Cl2O2. The molecule has 3 aliphatic rings. The van der Waals surface area contributed by atoms with Gasteiger partial charge in [0.25, 0.3) is 0 Å². The van der Waals surface area contributed by atoms with Gasteiger partial charge in [-0.1, -0.05) is 88.5 Å². The number of rotatable bonds is 2. The minimum atomic E-state index is -1.33. The van der Waals surface area contributed by atoms with E-state index < -0.39 is 10.1 Å². The van der Waals surface area contributed by atoms with Crippen LogP contribution < -0.4 is 0 Å². The Labute approximate surface area is 180 Å². The molecule has 2 nitrogen and oxygen atoms in total. The summed E-state index contributed by atoms with van der Waals surface area (Å²) in [6, 6.07) is 0. The molecule has 4 heteroatoms. The smallest absolute Gasteiger partial charge is 0.163 e. The molecule has 0 saturated heterocycles. The van der Waals surface area contributed by atoms with Crippen LogP contribution in [0.4, 0.5) is 0 Å². The molecule has 0 aliphatic heterocycles. The first kappa shape index (κ1) is 22.2. The molecule has 0 bridgehead atoms. The minimum absolute atomic E-state index is 0.146. The highest BCUT2D eigenvalue weighted by Crippen LogP contribution is 2.57. The Hall–Kier alpha value is -0.540. The topological polar surface area (TPSA) is 40.5 Å². The average Bonchev–Trinajstić information content (AvgIpc) is 2.59. The Balaban J connectivity index is 2.09. The summed E-state index contributed by atoms with van der Waals surface area (Å²) in [4.78, 5) is 0. The zero-order valence-corrected chi connectivity index (χ0v) is 19.2. The van der Waals surface area contributed by atoms with Gasteiger partial charge in [-0.25, -0.2) is 0 Å². The van der Waals surface area contributed by atoms with Crippen LogP contribution in [0.1, 0.15) is 60.3 Å². The number of allylic oxidation sites excluding steroid dienone is 4. The third-order valence-corrected chi connectivity index (χ3v) is 8.15. The Bertz CT molecular complexity index is 688. The van der Waals surface area contributed by atoms with E-state index in [9.17, 15) is 10.2 Å². The predicted molar refractivity (Wildman–Crippen MR) is 118 cm³/mol. The molecule has 0 aromatic rings. The quantitative estimate of drug-likeness (QED) is 0.508. The van der Waals surface area contributed by atoms with Crippen LogP contribution >= 0.6 is 23.2 Å². The van der Waals surface area contributed by atoms with Gasteiger partial charge in [-0.3, -0.25) is 0 Å². The molecule has 5 atom stereocenters. The van der Waals surface area contributed by atoms with E-state index in [2.05, 4.69) is 32.9 Å². The molecule has 0 spiro atoms. The van der Waals surface area contributed by atoms with Crippen molar-refractivity contribution in [3.8, 4) is 0 Å². The summed E-state index contributed by atoms with van der Waals surface area (Å²) in [5.41, 5.74) is 2.53. The lowest BCUT2D eigenvalue weighted by molar-refractivity contribution is 0.108. The number of alkyl halides is 2. The summed E-state index contributed by atoms with van der Waals surface area (Å²) in [5, 5.41) is 18.1. The fourth-order valence-electron chi connectivity index (χ4n) is 4.94. The molecule has 0 radical (unpaired) electrons. The molecule has 0 aromatic heterocycles. The number of aliphatic hydroxyl groups is 2. The van der Waals surface area contributed by atoms with Gasteiger partial charge in [-0.2, -0.15) is 0 Å². The SMILES string of the molecule is CC1C=C(C2(C3=CC(C)C(O)(Cl)C=C3)CCCC(C(C)(C)C)C2)C=CC1(O)Cl. The van der Waals surface area contributed by atoms with Crippen LogP contribution in [0.5, 0.6) is 0 Å². The van der Waals surface area contributed by atoms with Crippen molar-refractivity contribution in [2.24, 2.45) is 28.6 Å². The Morgan fingerprint density at radius 1 is 0.929 bits per heavy atom. The van der Waals surface area contributed by atoms with Gasteiger partial charge in [0.05, 0.1) is 0 Å². The maximum Gasteiger partial charge on any atom is 0.163 e. The van der Waals surface area contributed by atoms with Crippen molar-refractivity contribution in [3.63, 3.8) is 0 Å². The molecule has 156 valence electrons.